The minimum atomic E-state index is 1.15. The Bertz CT molecular complexity index is 3650. The highest BCUT2D eigenvalue weighted by Crippen LogP contribution is 2.47. The predicted octanol–water partition coefficient (Wildman–Crippen LogP) is 16.2. The van der Waals surface area contributed by atoms with E-state index in [-0.39, 0.29) is 0 Å². The van der Waals surface area contributed by atoms with Crippen molar-refractivity contribution in [1.29, 1.82) is 0 Å². The summed E-state index contributed by atoms with van der Waals surface area (Å²) in [5, 5.41) is 10.2. The van der Waals surface area contributed by atoms with Gasteiger partial charge < -0.3 is 18.6 Å². The molecule has 4 heterocycles. The minimum Gasteiger partial charge on any atom is -0.310 e. The lowest BCUT2D eigenvalue weighted by molar-refractivity contribution is 1.24. The number of para-hydroxylation sites is 4. The van der Waals surface area contributed by atoms with Crippen LogP contribution in [0.3, 0.4) is 0 Å². The lowest BCUT2D eigenvalue weighted by atomic mass is 10.0. The van der Waals surface area contributed by atoms with Gasteiger partial charge in [0, 0.05) is 77.2 Å². The Labute approximate surface area is 359 Å². The summed E-state index contributed by atoms with van der Waals surface area (Å²) in [5.74, 6) is 0. The molecule has 0 aliphatic heterocycles. The zero-order chi connectivity index (χ0) is 41.4. The van der Waals surface area contributed by atoms with Crippen LogP contribution < -0.4 is 9.80 Å². The molecule has 0 saturated heterocycles. The van der Waals surface area contributed by atoms with E-state index in [1.807, 2.05) is 0 Å². The van der Waals surface area contributed by atoms with Gasteiger partial charge in [0.05, 0.1) is 33.1 Å². The zero-order valence-corrected chi connectivity index (χ0v) is 35.1. The van der Waals surface area contributed by atoms with Crippen molar-refractivity contribution in [1.82, 2.24) is 8.80 Å². The van der Waals surface area contributed by atoms with E-state index in [9.17, 15) is 0 Å². The number of aryl methyl sites for hydroxylation is 4. The highest BCUT2D eigenvalue weighted by Gasteiger charge is 2.25. The molecule has 0 aliphatic rings. The summed E-state index contributed by atoms with van der Waals surface area (Å²) in [6, 6.07) is 67.7. The molecule has 13 rings (SSSR count). The Morgan fingerprint density at radius 2 is 0.677 bits per heavy atom. The molecule has 9 aromatic carbocycles. The average Bonchev–Trinajstić information content (AvgIpc) is 4.02. The molecule has 4 nitrogen and oxygen atoms in total. The molecule has 4 heteroatoms. The maximum Gasteiger partial charge on any atom is 0.0620 e. The Morgan fingerprint density at radius 1 is 0.290 bits per heavy atom. The monoisotopic (exact) mass is 794 g/mol. The summed E-state index contributed by atoms with van der Waals surface area (Å²) in [6.07, 6.45) is 0. The van der Waals surface area contributed by atoms with Crippen molar-refractivity contribution in [3.8, 4) is 0 Å². The molecule has 0 N–H and O–H groups in total. The molecule has 0 unspecified atom stereocenters. The van der Waals surface area contributed by atoms with Crippen LogP contribution in [-0.4, -0.2) is 8.80 Å². The van der Waals surface area contributed by atoms with Crippen molar-refractivity contribution in [2.24, 2.45) is 0 Å². The van der Waals surface area contributed by atoms with Crippen LogP contribution in [-0.2, 0) is 0 Å². The van der Waals surface area contributed by atoms with Gasteiger partial charge >= 0.3 is 0 Å². The van der Waals surface area contributed by atoms with Gasteiger partial charge in [-0.1, -0.05) is 97.1 Å². The Morgan fingerprint density at radius 3 is 1.08 bits per heavy atom. The summed E-state index contributed by atoms with van der Waals surface area (Å²) in [7, 11) is 0. The van der Waals surface area contributed by atoms with E-state index in [0.29, 0.717) is 0 Å². The number of benzene rings is 9. The lowest BCUT2D eigenvalue weighted by Crippen LogP contribution is -2.11. The van der Waals surface area contributed by atoms with Gasteiger partial charge in [0.1, 0.15) is 0 Å². The fraction of sp³-hybridized carbons (Fsp3) is 0.0690. The standard InChI is InChI=1S/C58H42N4/c1-35-21-23-37(3)53(29-35)59(39-13-7-5-8-14-39)41-25-27-51-47(31-41)43-17-11-19-45-49-34-56-50(33-55(49)61(51)57(43)45)46-20-12-18-44-48-32-42(26-28-52(48)62(56)58(44)46)60(40-15-9-6-10-16-40)54-30-36(2)22-24-38(54)4/h5-34H,1-4H3. The van der Waals surface area contributed by atoms with Crippen molar-refractivity contribution in [3.05, 3.63) is 204 Å². The highest BCUT2D eigenvalue weighted by molar-refractivity contribution is 6.29. The van der Waals surface area contributed by atoms with Gasteiger partial charge in [-0.3, -0.25) is 0 Å². The van der Waals surface area contributed by atoms with E-state index in [1.54, 1.807) is 0 Å². The van der Waals surface area contributed by atoms with Gasteiger partial charge in [-0.15, -0.1) is 0 Å². The predicted molar refractivity (Wildman–Crippen MR) is 264 cm³/mol. The fourth-order valence-corrected chi connectivity index (χ4v) is 10.6. The first-order chi connectivity index (χ1) is 30.4. The smallest absolute Gasteiger partial charge is 0.0620 e. The van der Waals surface area contributed by atoms with Crippen molar-refractivity contribution in [3.63, 3.8) is 0 Å². The van der Waals surface area contributed by atoms with Gasteiger partial charge in [0.25, 0.3) is 0 Å². The van der Waals surface area contributed by atoms with Crippen molar-refractivity contribution >= 4 is 110 Å². The van der Waals surface area contributed by atoms with Crippen LogP contribution in [0, 0.1) is 27.7 Å². The molecular weight excluding hydrogens is 753 g/mol. The normalized spacial score (nSPS) is 12.2. The molecule has 13 aromatic rings. The third-order valence-corrected chi connectivity index (χ3v) is 13.5. The third kappa shape index (κ3) is 4.83. The zero-order valence-electron chi connectivity index (χ0n) is 35.1. The molecule has 0 radical (unpaired) electrons. The van der Waals surface area contributed by atoms with E-state index < -0.39 is 0 Å². The number of hydrogen-bond acceptors (Lipinski definition) is 2. The lowest BCUT2D eigenvalue weighted by Gasteiger charge is -2.27. The summed E-state index contributed by atoms with van der Waals surface area (Å²) < 4.78 is 5.04. The first kappa shape index (κ1) is 35.0. The van der Waals surface area contributed by atoms with Crippen LogP contribution in [0.15, 0.2) is 182 Å². The van der Waals surface area contributed by atoms with Crippen molar-refractivity contribution < 1.29 is 0 Å². The number of anilines is 6. The van der Waals surface area contributed by atoms with Gasteiger partial charge in [0.2, 0.25) is 0 Å². The largest absolute Gasteiger partial charge is 0.310 e. The van der Waals surface area contributed by atoms with E-state index in [2.05, 4.69) is 228 Å². The van der Waals surface area contributed by atoms with Crippen molar-refractivity contribution in [2.75, 3.05) is 9.80 Å². The van der Waals surface area contributed by atoms with Crippen LogP contribution >= 0.6 is 0 Å². The average molecular weight is 795 g/mol. The first-order valence-electron chi connectivity index (χ1n) is 21.6. The number of rotatable bonds is 6. The molecule has 4 aromatic heterocycles. The molecule has 0 atom stereocenters. The summed E-state index contributed by atoms with van der Waals surface area (Å²) >= 11 is 0. The Balaban J connectivity index is 1.03. The summed E-state index contributed by atoms with van der Waals surface area (Å²) in [6.45, 7) is 8.76. The summed E-state index contributed by atoms with van der Waals surface area (Å²) in [4.78, 5) is 4.82. The molecule has 0 amide bonds. The first-order valence-corrected chi connectivity index (χ1v) is 21.6. The topological polar surface area (TPSA) is 15.3 Å². The second kappa shape index (κ2) is 12.8. The van der Waals surface area contributed by atoms with E-state index >= 15 is 0 Å². The molecule has 294 valence electrons. The van der Waals surface area contributed by atoms with Gasteiger partial charge in [0.15, 0.2) is 0 Å². The van der Waals surface area contributed by atoms with Crippen LogP contribution in [0.5, 0.6) is 0 Å². The Kier molecular flexibility index (Phi) is 7.25. The van der Waals surface area contributed by atoms with Crippen LogP contribution in [0.2, 0.25) is 0 Å². The SMILES string of the molecule is Cc1ccc(C)c(N(c2ccccc2)c2ccc3c(c2)c2cccc4c5cc6c(cc5n3c24)c2cccc3c4cc(N(c5ccccc5)c5cc(C)ccc5C)ccc4n6c32)c1. The van der Waals surface area contributed by atoms with E-state index in [0.717, 1.165) is 22.7 Å². The third-order valence-electron chi connectivity index (χ3n) is 13.5. The maximum absolute atomic E-state index is 2.52. The van der Waals surface area contributed by atoms with Gasteiger partial charge in [-0.05, 0) is 135 Å². The molecule has 0 spiro atoms. The molecule has 0 saturated carbocycles. The van der Waals surface area contributed by atoms with Gasteiger partial charge in [-0.2, -0.15) is 0 Å². The molecule has 62 heavy (non-hydrogen) atoms. The van der Waals surface area contributed by atoms with Crippen LogP contribution in [0.4, 0.5) is 34.1 Å². The van der Waals surface area contributed by atoms with E-state index in [4.69, 9.17) is 0 Å². The number of nitrogens with zero attached hydrogens (tertiary/aromatic N) is 4. The van der Waals surface area contributed by atoms with Gasteiger partial charge in [-0.25, -0.2) is 0 Å². The molecular formula is C58H42N4. The number of fused-ring (bicyclic) bond motifs is 12. The van der Waals surface area contributed by atoms with Crippen LogP contribution in [0.1, 0.15) is 22.3 Å². The second-order valence-corrected chi connectivity index (χ2v) is 17.3. The molecule has 0 fully saturated rings. The van der Waals surface area contributed by atoms with Crippen LogP contribution in [0.25, 0.3) is 76.2 Å². The highest BCUT2D eigenvalue weighted by atomic mass is 15.2. The fourth-order valence-electron chi connectivity index (χ4n) is 10.6. The van der Waals surface area contributed by atoms with Crippen molar-refractivity contribution in [2.45, 2.75) is 27.7 Å². The van der Waals surface area contributed by atoms with E-state index in [1.165, 1.54) is 110 Å². The number of aromatic nitrogens is 2. The number of hydrogen-bond donors (Lipinski definition) is 0. The Hall–Kier alpha value is -7.82. The molecule has 0 aliphatic carbocycles. The maximum atomic E-state index is 2.52. The minimum absolute atomic E-state index is 1.15. The second-order valence-electron chi connectivity index (χ2n) is 17.3. The quantitative estimate of drug-likeness (QED) is 0.167. The summed E-state index contributed by atoms with van der Waals surface area (Å²) in [5.41, 5.74) is 19.5. The molecule has 0 bridgehead atoms.